The van der Waals surface area contributed by atoms with Crippen molar-refractivity contribution < 1.29 is 19.1 Å². The van der Waals surface area contributed by atoms with Crippen LogP contribution in [0.4, 0.5) is 10.1 Å². The molecule has 1 aromatic carbocycles. The monoisotopic (exact) mass is 280 g/mol. The molecule has 108 valence electrons. The van der Waals surface area contributed by atoms with Crippen molar-refractivity contribution in [2.75, 3.05) is 18.4 Å². The van der Waals surface area contributed by atoms with Gasteiger partial charge in [-0.05, 0) is 43.7 Å². The highest BCUT2D eigenvalue weighted by Gasteiger charge is 2.27. The molecule has 20 heavy (non-hydrogen) atoms. The van der Waals surface area contributed by atoms with Crippen molar-refractivity contribution in [3.05, 3.63) is 30.1 Å². The van der Waals surface area contributed by atoms with Crippen molar-refractivity contribution in [3.8, 4) is 0 Å². The molecule has 2 N–H and O–H groups in total. The third-order valence-electron chi connectivity index (χ3n) is 3.38. The summed E-state index contributed by atoms with van der Waals surface area (Å²) in [4.78, 5) is 24.5. The van der Waals surface area contributed by atoms with E-state index in [1.807, 2.05) is 4.90 Å². The van der Waals surface area contributed by atoms with Gasteiger partial charge in [-0.3, -0.25) is 14.5 Å². The van der Waals surface area contributed by atoms with E-state index < -0.39 is 5.97 Å². The Morgan fingerprint density at radius 2 is 2.05 bits per heavy atom. The summed E-state index contributed by atoms with van der Waals surface area (Å²) in [6.45, 7) is 0.893. The number of carboxylic acids is 1. The Kier molecular flexibility index (Phi) is 4.68. The Morgan fingerprint density at radius 3 is 2.70 bits per heavy atom. The summed E-state index contributed by atoms with van der Waals surface area (Å²) in [6.07, 6.45) is 1.77. The topological polar surface area (TPSA) is 69.6 Å². The quantitative estimate of drug-likeness (QED) is 0.861. The number of hydrogen-bond donors (Lipinski definition) is 2. The van der Waals surface area contributed by atoms with Crippen LogP contribution in [0, 0.1) is 5.82 Å². The molecule has 6 heteroatoms. The van der Waals surface area contributed by atoms with Gasteiger partial charge in [0.15, 0.2) is 0 Å². The van der Waals surface area contributed by atoms with E-state index in [0.29, 0.717) is 5.69 Å². The number of hydrogen-bond acceptors (Lipinski definition) is 3. The van der Waals surface area contributed by atoms with Gasteiger partial charge < -0.3 is 10.4 Å². The minimum absolute atomic E-state index is 0.0594. The third kappa shape index (κ3) is 4.03. The molecule has 1 aromatic rings. The van der Waals surface area contributed by atoms with Gasteiger partial charge in [-0.15, -0.1) is 0 Å². The van der Waals surface area contributed by atoms with Crippen LogP contribution in [-0.2, 0) is 9.59 Å². The summed E-state index contributed by atoms with van der Waals surface area (Å²) in [7, 11) is 0. The van der Waals surface area contributed by atoms with Crippen LogP contribution in [0.25, 0.3) is 0 Å². The van der Waals surface area contributed by atoms with E-state index in [2.05, 4.69) is 5.32 Å². The van der Waals surface area contributed by atoms with E-state index in [9.17, 15) is 14.0 Å². The van der Waals surface area contributed by atoms with E-state index in [1.54, 1.807) is 0 Å². The van der Waals surface area contributed by atoms with Gasteiger partial charge in [-0.25, -0.2) is 4.39 Å². The highest BCUT2D eigenvalue weighted by molar-refractivity contribution is 5.92. The number of benzene rings is 1. The molecule has 0 aliphatic carbocycles. The Hall–Kier alpha value is -1.95. The number of carbonyl (C=O) groups excluding carboxylic acids is 1. The third-order valence-corrected chi connectivity index (χ3v) is 3.38. The summed E-state index contributed by atoms with van der Waals surface area (Å²) in [5.41, 5.74) is 0.533. The predicted octanol–water partition coefficient (Wildman–Crippen LogP) is 1.70. The lowest BCUT2D eigenvalue weighted by molar-refractivity contribution is -0.138. The van der Waals surface area contributed by atoms with Gasteiger partial charge in [0, 0.05) is 11.7 Å². The second-order valence-electron chi connectivity index (χ2n) is 4.92. The molecule has 1 aliphatic heterocycles. The van der Waals surface area contributed by atoms with Gasteiger partial charge in [0.05, 0.1) is 13.0 Å². The largest absolute Gasteiger partial charge is 0.481 e. The zero-order chi connectivity index (χ0) is 14.5. The molecule has 1 amide bonds. The lowest BCUT2D eigenvalue weighted by Gasteiger charge is -2.22. The zero-order valence-corrected chi connectivity index (χ0v) is 11.0. The molecule has 2 rings (SSSR count). The standard InChI is InChI=1S/C14H17FN2O3/c15-10-3-5-11(6-4-10)16-13(18)9-17-7-1-2-12(17)8-14(19)20/h3-6,12H,1-2,7-9H2,(H,16,18)(H,19,20). The van der Waals surface area contributed by atoms with Crippen LogP contribution in [-0.4, -0.2) is 41.0 Å². The van der Waals surface area contributed by atoms with Crippen LogP contribution in [0.5, 0.6) is 0 Å². The van der Waals surface area contributed by atoms with Crippen LogP contribution < -0.4 is 5.32 Å². The molecular weight excluding hydrogens is 263 g/mol. The maximum absolute atomic E-state index is 12.7. The second kappa shape index (κ2) is 6.47. The van der Waals surface area contributed by atoms with E-state index in [0.717, 1.165) is 19.4 Å². The number of carbonyl (C=O) groups is 2. The lowest BCUT2D eigenvalue weighted by Crippen LogP contribution is -2.37. The predicted molar refractivity (Wildman–Crippen MR) is 71.9 cm³/mol. The van der Waals surface area contributed by atoms with Crippen LogP contribution >= 0.6 is 0 Å². The normalized spacial score (nSPS) is 18.9. The van der Waals surface area contributed by atoms with Gasteiger partial charge in [0.1, 0.15) is 5.82 Å². The van der Waals surface area contributed by atoms with Crippen molar-refractivity contribution in [1.82, 2.24) is 4.90 Å². The summed E-state index contributed by atoms with van der Waals surface area (Å²) in [5.74, 6) is -1.42. The molecule has 0 spiro atoms. The van der Waals surface area contributed by atoms with E-state index in [-0.39, 0.29) is 30.7 Å². The fourth-order valence-corrected chi connectivity index (χ4v) is 2.45. The van der Waals surface area contributed by atoms with Crippen molar-refractivity contribution in [1.29, 1.82) is 0 Å². The molecule has 1 fully saturated rings. The Morgan fingerprint density at radius 1 is 1.35 bits per heavy atom. The highest BCUT2D eigenvalue weighted by atomic mass is 19.1. The molecule has 5 nitrogen and oxygen atoms in total. The number of nitrogens with one attached hydrogen (secondary N) is 1. The van der Waals surface area contributed by atoms with Gasteiger partial charge in [-0.1, -0.05) is 0 Å². The number of aliphatic carboxylic acids is 1. The number of amides is 1. The van der Waals surface area contributed by atoms with Crippen LogP contribution in [0.1, 0.15) is 19.3 Å². The summed E-state index contributed by atoms with van der Waals surface area (Å²) < 4.78 is 12.7. The first-order valence-electron chi connectivity index (χ1n) is 6.56. The lowest BCUT2D eigenvalue weighted by atomic mass is 10.1. The summed E-state index contributed by atoms with van der Waals surface area (Å²) in [6, 6.07) is 5.46. The van der Waals surface area contributed by atoms with Crippen molar-refractivity contribution in [2.45, 2.75) is 25.3 Å². The number of anilines is 1. The van der Waals surface area contributed by atoms with Crippen LogP contribution in [0.2, 0.25) is 0 Å². The Balaban J connectivity index is 1.87. The first-order chi connectivity index (χ1) is 9.54. The van der Waals surface area contributed by atoms with E-state index >= 15 is 0 Å². The number of carboxylic acid groups (broad SMARTS) is 1. The zero-order valence-electron chi connectivity index (χ0n) is 11.0. The molecule has 1 atom stereocenters. The van der Waals surface area contributed by atoms with Gasteiger partial charge >= 0.3 is 5.97 Å². The molecule has 1 unspecified atom stereocenters. The first kappa shape index (κ1) is 14.5. The number of nitrogens with zero attached hydrogens (tertiary/aromatic N) is 1. The van der Waals surface area contributed by atoms with Crippen molar-refractivity contribution >= 4 is 17.6 Å². The van der Waals surface area contributed by atoms with Gasteiger partial charge in [0.25, 0.3) is 0 Å². The Bertz CT molecular complexity index is 490. The molecule has 0 saturated carbocycles. The SMILES string of the molecule is O=C(O)CC1CCCN1CC(=O)Nc1ccc(F)cc1. The minimum atomic E-state index is -0.846. The second-order valence-corrected chi connectivity index (χ2v) is 4.92. The molecule has 0 bridgehead atoms. The number of halogens is 1. The number of rotatable bonds is 5. The average molecular weight is 280 g/mol. The highest BCUT2D eigenvalue weighted by Crippen LogP contribution is 2.20. The molecule has 1 aliphatic rings. The fraction of sp³-hybridized carbons (Fsp3) is 0.429. The van der Waals surface area contributed by atoms with Crippen LogP contribution in [0.15, 0.2) is 24.3 Å². The Labute approximate surface area is 116 Å². The van der Waals surface area contributed by atoms with Crippen LogP contribution in [0.3, 0.4) is 0 Å². The molecule has 0 radical (unpaired) electrons. The van der Waals surface area contributed by atoms with Gasteiger partial charge in [-0.2, -0.15) is 0 Å². The molecular formula is C14H17FN2O3. The molecule has 1 heterocycles. The fourth-order valence-electron chi connectivity index (χ4n) is 2.45. The average Bonchev–Trinajstić information content (AvgIpc) is 2.78. The van der Waals surface area contributed by atoms with E-state index in [1.165, 1.54) is 24.3 Å². The van der Waals surface area contributed by atoms with Crippen molar-refractivity contribution in [2.24, 2.45) is 0 Å². The summed E-state index contributed by atoms with van der Waals surface area (Å²) in [5, 5.41) is 11.5. The molecule has 0 aromatic heterocycles. The van der Waals surface area contributed by atoms with E-state index in [4.69, 9.17) is 5.11 Å². The maximum Gasteiger partial charge on any atom is 0.304 e. The summed E-state index contributed by atoms with van der Waals surface area (Å²) >= 11 is 0. The molecule has 1 saturated heterocycles. The maximum atomic E-state index is 12.7. The van der Waals surface area contributed by atoms with Gasteiger partial charge in [0.2, 0.25) is 5.91 Å². The minimum Gasteiger partial charge on any atom is -0.481 e. The van der Waals surface area contributed by atoms with Crippen molar-refractivity contribution in [3.63, 3.8) is 0 Å². The first-order valence-corrected chi connectivity index (χ1v) is 6.56. The number of likely N-dealkylation sites (tertiary alicyclic amines) is 1. The smallest absolute Gasteiger partial charge is 0.304 e.